The van der Waals surface area contributed by atoms with Crippen LogP contribution in [0.25, 0.3) is 0 Å². The van der Waals surface area contributed by atoms with E-state index in [-0.39, 0.29) is 11.8 Å². The van der Waals surface area contributed by atoms with Crippen molar-refractivity contribution in [3.63, 3.8) is 0 Å². The molecule has 1 aromatic carbocycles. The average Bonchev–Trinajstić information content (AvgIpc) is 2.45. The summed E-state index contributed by atoms with van der Waals surface area (Å²) < 4.78 is 0. The van der Waals surface area contributed by atoms with Crippen molar-refractivity contribution in [2.45, 2.75) is 46.1 Å². The van der Waals surface area contributed by atoms with Crippen molar-refractivity contribution in [3.8, 4) is 0 Å². The lowest BCUT2D eigenvalue weighted by atomic mass is 9.96. The van der Waals surface area contributed by atoms with E-state index < -0.39 is 0 Å². The summed E-state index contributed by atoms with van der Waals surface area (Å²) in [7, 11) is 1.86. The molecule has 3 nitrogen and oxygen atoms in total. The Morgan fingerprint density at radius 3 is 2.42 bits per heavy atom. The maximum absolute atomic E-state index is 12.5. The van der Waals surface area contributed by atoms with Crippen molar-refractivity contribution in [1.82, 2.24) is 0 Å². The van der Waals surface area contributed by atoms with Crippen LogP contribution < -0.4 is 10.6 Å². The average molecular weight is 262 g/mol. The van der Waals surface area contributed by atoms with Gasteiger partial charge in [-0.2, -0.15) is 0 Å². The smallest absolute Gasteiger partial charge is 0.229 e. The SMILES string of the molecule is CCCC(CCC)C(=O)N(C)c1cccc(CN)c1. The van der Waals surface area contributed by atoms with Crippen LogP contribution in [0.5, 0.6) is 0 Å². The molecule has 0 atom stereocenters. The summed E-state index contributed by atoms with van der Waals surface area (Å²) in [6.07, 6.45) is 4.03. The highest BCUT2D eigenvalue weighted by Crippen LogP contribution is 2.21. The molecule has 1 rings (SSSR count). The minimum absolute atomic E-state index is 0.140. The number of amides is 1. The van der Waals surface area contributed by atoms with E-state index in [4.69, 9.17) is 5.73 Å². The van der Waals surface area contributed by atoms with Gasteiger partial charge < -0.3 is 10.6 Å². The Labute approximate surface area is 116 Å². The zero-order valence-electron chi connectivity index (χ0n) is 12.4. The number of hydrogen-bond donors (Lipinski definition) is 1. The van der Waals surface area contributed by atoms with Crippen molar-refractivity contribution in [2.24, 2.45) is 11.7 Å². The molecule has 0 bridgehead atoms. The topological polar surface area (TPSA) is 46.3 Å². The van der Waals surface area contributed by atoms with Crippen LogP contribution in [0.3, 0.4) is 0 Å². The van der Waals surface area contributed by atoms with Crippen LogP contribution >= 0.6 is 0 Å². The number of nitrogens with zero attached hydrogens (tertiary/aromatic N) is 1. The molecule has 0 spiro atoms. The lowest BCUT2D eigenvalue weighted by Gasteiger charge is -2.24. The van der Waals surface area contributed by atoms with Gasteiger partial charge in [0.05, 0.1) is 0 Å². The zero-order valence-corrected chi connectivity index (χ0v) is 12.4. The first-order chi connectivity index (χ1) is 9.13. The van der Waals surface area contributed by atoms with Crippen molar-refractivity contribution < 1.29 is 4.79 Å². The van der Waals surface area contributed by atoms with E-state index >= 15 is 0 Å². The number of anilines is 1. The second-order valence-corrected chi connectivity index (χ2v) is 5.05. The third-order valence-corrected chi connectivity index (χ3v) is 3.49. The molecule has 0 aromatic heterocycles. The van der Waals surface area contributed by atoms with E-state index in [9.17, 15) is 4.79 Å². The highest BCUT2D eigenvalue weighted by molar-refractivity contribution is 5.94. The van der Waals surface area contributed by atoms with Crippen molar-refractivity contribution >= 4 is 11.6 Å². The van der Waals surface area contributed by atoms with Gasteiger partial charge >= 0.3 is 0 Å². The Hall–Kier alpha value is -1.35. The molecular weight excluding hydrogens is 236 g/mol. The molecule has 0 aliphatic heterocycles. The molecule has 0 heterocycles. The van der Waals surface area contributed by atoms with E-state index in [0.717, 1.165) is 36.9 Å². The number of nitrogens with two attached hydrogens (primary N) is 1. The Kier molecular flexibility index (Phi) is 6.57. The van der Waals surface area contributed by atoms with Crippen LogP contribution in [0.2, 0.25) is 0 Å². The Balaban J connectivity index is 2.83. The van der Waals surface area contributed by atoms with Gasteiger partial charge in [0.2, 0.25) is 5.91 Å². The lowest BCUT2D eigenvalue weighted by molar-refractivity contribution is -0.122. The molecule has 2 N–H and O–H groups in total. The number of benzene rings is 1. The maximum atomic E-state index is 12.5. The van der Waals surface area contributed by atoms with Gasteiger partial charge in [0.25, 0.3) is 0 Å². The Bertz CT molecular complexity index is 397. The Morgan fingerprint density at radius 2 is 1.89 bits per heavy atom. The molecule has 1 aromatic rings. The largest absolute Gasteiger partial charge is 0.326 e. The predicted molar refractivity (Wildman–Crippen MR) is 81.0 cm³/mol. The number of hydrogen-bond acceptors (Lipinski definition) is 2. The normalized spacial score (nSPS) is 10.8. The van der Waals surface area contributed by atoms with Crippen molar-refractivity contribution in [3.05, 3.63) is 29.8 Å². The first kappa shape index (κ1) is 15.7. The van der Waals surface area contributed by atoms with Gasteiger partial charge in [-0.25, -0.2) is 0 Å². The molecule has 0 saturated carbocycles. The fourth-order valence-electron chi connectivity index (χ4n) is 2.38. The summed E-state index contributed by atoms with van der Waals surface area (Å²) in [6.45, 7) is 4.76. The molecule has 0 unspecified atom stereocenters. The van der Waals surface area contributed by atoms with Crippen molar-refractivity contribution in [2.75, 3.05) is 11.9 Å². The summed E-state index contributed by atoms with van der Waals surface area (Å²) in [5.74, 6) is 0.361. The van der Waals surface area contributed by atoms with Crippen LogP contribution in [-0.2, 0) is 11.3 Å². The second kappa shape index (κ2) is 7.95. The van der Waals surface area contributed by atoms with Crippen LogP contribution in [0.1, 0.15) is 45.1 Å². The molecule has 3 heteroatoms. The van der Waals surface area contributed by atoms with Gasteiger partial charge in [0.1, 0.15) is 0 Å². The molecule has 0 aliphatic rings. The summed E-state index contributed by atoms with van der Waals surface area (Å²) in [5, 5.41) is 0. The molecule has 106 valence electrons. The van der Waals surface area contributed by atoms with Crippen LogP contribution in [0.15, 0.2) is 24.3 Å². The standard InChI is InChI=1S/C16H26N2O/c1-4-7-14(8-5-2)16(19)18(3)15-10-6-9-13(11-15)12-17/h6,9-11,14H,4-5,7-8,12,17H2,1-3H3. The summed E-state index contributed by atoms with van der Waals surface area (Å²) in [6, 6.07) is 7.90. The zero-order chi connectivity index (χ0) is 14.3. The van der Waals surface area contributed by atoms with Crippen molar-refractivity contribution in [1.29, 1.82) is 0 Å². The fourth-order valence-corrected chi connectivity index (χ4v) is 2.38. The molecule has 0 radical (unpaired) electrons. The second-order valence-electron chi connectivity index (χ2n) is 5.05. The highest BCUT2D eigenvalue weighted by atomic mass is 16.2. The molecule has 0 aliphatic carbocycles. The lowest BCUT2D eigenvalue weighted by Crippen LogP contribution is -2.33. The third kappa shape index (κ3) is 4.35. The maximum Gasteiger partial charge on any atom is 0.229 e. The van der Waals surface area contributed by atoms with Gasteiger partial charge in [-0.3, -0.25) is 4.79 Å². The number of carbonyl (C=O) groups excluding carboxylic acids is 1. The molecule has 0 fully saturated rings. The fraction of sp³-hybridized carbons (Fsp3) is 0.562. The van der Waals surface area contributed by atoms with E-state index in [1.165, 1.54) is 0 Å². The predicted octanol–water partition coefficient (Wildman–Crippen LogP) is 3.32. The third-order valence-electron chi connectivity index (χ3n) is 3.49. The van der Waals surface area contributed by atoms with E-state index in [2.05, 4.69) is 13.8 Å². The highest BCUT2D eigenvalue weighted by Gasteiger charge is 2.21. The quantitative estimate of drug-likeness (QED) is 0.819. The number of carbonyl (C=O) groups is 1. The van der Waals surface area contributed by atoms with Gasteiger partial charge in [-0.15, -0.1) is 0 Å². The van der Waals surface area contributed by atoms with Gasteiger partial charge in [-0.1, -0.05) is 38.8 Å². The molecule has 0 saturated heterocycles. The monoisotopic (exact) mass is 262 g/mol. The first-order valence-corrected chi connectivity index (χ1v) is 7.20. The molecule has 1 amide bonds. The molecular formula is C16H26N2O. The molecule has 19 heavy (non-hydrogen) atoms. The van der Waals surface area contributed by atoms with E-state index in [1.807, 2.05) is 31.3 Å². The van der Waals surface area contributed by atoms with Crippen LogP contribution in [0.4, 0.5) is 5.69 Å². The van der Waals surface area contributed by atoms with Crippen LogP contribution in [-0.4, -0.2) is 13.0 Å². The van der Waals surface area contributed by atoms with E-state index in [0.29, 0.717) is 6.54 Å². The Morgan fingerprint density at radius 1 is 1.26 bits per heavy atom. The minimum Gasteiger partial charge on any atom is -0.326 e. The summed E-state index contributed by atoms with van der Waals surface area (Å²) >= 11 is 0. The van der Waals surface area contributed by atoms with Gasteiger partial charge in [0, 0.05) is 25.2 Å². The van der Waals surface area contributed by atoms with E-state index in [1.54, 1.807) is 4.90 Å². The minimum atomic E-state index is 0.140. The van der Waals surface area contributed by atoms with Crippen LogP contribution in [0, 0.1) is 5.92 Å². The van der Waals surface area contributed by atoms with Gasteiger partial charge in [-0.05, 0) is 30.5 Å². The summed E-state index contributed by atoms with van der Waals surface area (Å²) in [4.78, 5) is 14.3. The van der Waals surface area contributed by atoms with Gasteiger partial charge in [0.15, 0.2) is 0 Å². The number of rotatable bonds is 7. The first-order valence-electron chi connectivity index (χ1n) is 7.20. The summed E-state index contributed by atoms with van der Waals surface area (Å²) in [5.41, 5.74) is 7.64.